The number of nitrogens with zero attached hydrogens (tertiary/aromatic N) is 3. The van der Waals surface area contributed by atoms with Crippen molar-refractivity contribution in [2.45, 2.75) is 35.6 Å². The fraction of sp³-hybridized carbons (Fsp3) is 0.400. The van der Waals surface area contributed by atoms with E-state index in [4.69, 9.17) is 9.47 Å². The van der Waals surface area contributed by atoms with Crippen molar-refractivity contribution in [2.24, 2.45) is 0 Å². The molecule has 1 amide bonds. The molecule has 0 radical (unpaired) electrons. The topological polar surface area (TPSA) is 123 Å². The average Bonchev–Trinajstić information content (AvgIpc) is 3.37. The van der Waals surface area contributed by atoms with Gasteiger partial charge in [0.15, 0.2) is 4.34 Å². The molecule has 2 heterocycles. The second-order valence-corrected chi connectivity index (χ2v) is 12.9. The SMILES string of the molecule is CC(C)Oc1ccc(S(=O)(=O)N2CCOCC2)cc1NC(=O)CSc1nnc(NCCc2ccccc2)s1. The molecule has 0 bridgehead atoms. The van der Waals surface area contributed by atoms with E-state index in [1.54, 1.807) is 6.07 Å². The number of nitrogens with one attached hydrogen (secondary N) is 2. The van der Waals surface area contributed by atoms with Gasteiger partial charge >= 0.3 is 0 Å². The third kappa shape index (κ3) is 7.90. The zero-order chi connectivity index (χ0) is 27.0. The highest BCUT2D eigenvalue weighted by atomic mass is 32.2. The molecule has 0 saturated carbocycles. The summed E-state index contributed by atoms with van der Waals surface area (Å²) in [6.45, 7) is 5.73. The first kappa shape index (κ1) is 28.3. The van der Waals surface area contributed by atoms with E-state index in [9.17, 15) is 13.2 Å². The Hall–Kier alpha value is -2.71. The molecule has 4 rings (SSSR count). The molecule has 2 N–H and O–H groups in total. The third-order valence-corrected chi connectivity index (χ3v) is 9.37. The van der Waals surface area contributed by atoms with Crippen LogP contribution in [0, 0.1) is 0 Å². The zero-order valence-electron chi connectivity index (χ0n) is 21.3. The molecule has 2 aromatic carbocycles. The number of carbonyl (C=O) groups is 1. The molecular formula is C25H31N5O5S3. The van der Waals surface area contributed by atoms with Crippen molar-refractivity contribution in [1.29, 1.82) is 0 Å². The highest BCUT2D eigenvalue weighted by Crippen LogP contribution is 2.31. The van der Waals surface area contributed by atoms with Crippen molar-refractivity contribution in [1.82, 2.24) is 14.5 Å². The van der Waals surface area contributed by atoms with Crippen molar-refractivity contribution < 1.29 is 22.7 Å². The molecule has 3 aromatic rings. The van der Waals surface area contributed by atoms with Gasteiger partial charge in [0, 0.05) is 19.6 Å². The summed E-state index contributed by atoms with van der Waals surface area (Å²) in [5, 5.41) is 15.1. The lowest BCUT2D eigenvalue weighted by Crippen LogP contribution is -2.40. The number of sulfonamides is 1. The third-order valence-electron chi connectivity index (χ3n) is 5.46. The van der Waals surface area contributed by atoms with Crippen molar-refractivity contribution in [3.05, 3.63) is 54.1 Å². The van der Waals surface area contributed by atoms with Crippen LogP contribution < -0.4 is 15.4 Å². The van der Waals surface area contributed by atoms with E-state index in [1.807, 2.05) is 32.0 Å². The van der Waals surface area contributed by atoms with Crippen molar-refractivity contribution in [3.8, 4) is 5.75 Å². The minimum atomic E-state index is -3.73. The quantitative estimate of drug-likeness (QED) is 0.310. The molecule has 0 aliphatic carbocycles. The number of aromatic nitrogens is 2. The van der Waals surface area contributed by atoms with Gasteiger partial charge in [0.05, 0.1) is 35.7 Å². The largest absolute Gasteiger partial charge is 0.489 e. The Balaban J connectivity index is 1.36. The van der Waals surface area contributed by atoms with Crippen LogP contribution >= 0.6 is 23.1 Å². The summed E-state index contributed by atoms with van der Waals surface area (Å²) in [6.07, 6.45) is 0.711. The number of amides is 1. The van der Waals surface area contributed by atoms with Crippen LogP contribution in [0.2, 0.25) is 0 Å². The number of hydrogen-bond acceptors (Lipinski definition) is 10. The van der Waals surface area contributed by atoms with E-state index in [0.717, 1.165) is 13.0 Å². The summed E-state index contributed by atoms with van der Waals surface area (Å²) < 4.78 is 39.4. The molecule has 1 saturated heterocycles. The van der Waals surface area contributed by atoms with Gasteiger partial charge in [-0.3, -0.25) is 4.79 Å². The fourth-order valence-corrected chi connectivity index (χ4v) is 6.68. The molecule has 1 aromatic heterocycles. The standard InChI is InChI=1S/C25H31N5O5S3/c1-18(2)35-22-9-8-20(38(32,33)30-12-14-34-15-13-30)16-21(22)27-23(31)17-36-25-29-28-24(37-25)26-11-10-19-6-4-3-5-7-19/h3-9,16,18H,10-15,17H2,1-2H3,(H,26,28)(H,27,31). The molecule has 1 aliphatic rings. The fourth-order valence-electron chi connectivity index (χ4n) is 3.67. The molecule has 38 heavy (non-hydrogen) atoms. The Kier molecular flexibility index (Phi) is 9.97. The lowest BCUT2D eigenvalue weighted by Gasteiger charge is -2.26. The van der Waals surface area contributed by atoms with Crippen LogP contribution in [0.4, 0.5) is 10.8 Å². The first-order chi connectivity index (χ1) is 18.3. The number of carbonyl (C=O) groups excluding carboxylic acids is 1. The summed E-state index contributed by atoms with van der Waals surface area (Å²) in [5.74, 6) is 0.179. The molecule has 0 unspecified atom stereocenters. The van der Waals surface area contributed by atoms with Crippen LogP contribution in [0.5, 0.6) is 5.75 Å². The van der Waals surface area contributed by atoms with Gasteiger partial charge in [0.25, 0.3) is 0 Å². The number of hydrogen-bond donors (Lipinski definition) is 2. The molecular weight excluding hydrogens is 547 g/mol. The first-order valence-corrected chi connectivity index (χ1v) is 15.5. The van der Waals surface area contributed by atoms with Gasteiger partial charge in [0.1, 0.15) is 5.75 Å². The summed E-state index contributed by atoms with van der Waals surface area (Å²) in [5.41, 5.74) is 1.54. The van der Waals surface area contributed by atoms with Crippen LogP contribution in [0.15, 0.2) is 57.8 Å². The van der Waals surface area contributed by atoms with Gasteiger partial charge in [-0.15, -0.1) is 10.2 Å². The van der Waals surface area contributed by atoms with Crippen molar-refractivity contribution in [2.75, 3.05) is 49.2 Å². The normalized spacial score (nSPS) is 14.4. The Bertz CT molecular complexity index is 1310. The molecule has 10 nitrogen and oxygen atoms in total. The maximum absolute atomic E-state index is 13.1. The Morgan fingerprint density at radius 3 is 2.66 bits per heavy atom. The van der Waals surface area contributed by atoms with Crippen LogP contribution in [-0.2, 0) is 26.0 Å². The van der Waals surface area contributed by atoms with Crippen LogP contribution in [0.3, 0.4) is 0 Å². The predicted octanol–water partition coefficient (Wildman–Crippen LogP) is 3.73. The van der Waals surface area contributed by atoms with Gasteiger partial charge in [-0.2, -0.15) is 4.31 Å². The van der Waals surface area contributed by atoms with Gasteiger partial charge in [0.2, 0.25) is 21.1 Å². The van der Waals surface area contributed by atoms with Gasteiger partial charge in [-0.25, -0.2) is 8.42 Å². The summed E-state index contributed by atoms with van der Waals surface area (Å²) in [7, 11) is -3.73. The smallest absolute Gasteiger partial charge is 0.243 e. The summed E-state index contributed by atoms with van der Waals surface area (Å²) >= 11 is 2.64. The van der Waals surface area contributed by atoms with Crippen LogP contribution in [-0.4, -0.2) is 73.5 Å². The summed E-state index contributed by atoms with van der Waals surface area (Å²) in [6, 6.07) is 14.7. The van der Waals surface area contributed by atoms with Crippen molar-refractivity contribution in [3.63, 3.8) is 0 Å². The Labute approximate surface area is 231 Å². The van der Waals surface area contributed by atoms with Crippen LogP contribution in [0.25, 0.3) is 0 Å². The zero-order valence-corrected chi connectivity index (χ0v) is 23.7. The Morgan fingerprint density at radius 1 is 1.16 bits per heavy atom. The molecule has 0 spiro atoms. The van der Waals surface area contributed by atoms with E-state index in [0.29, 0.717) is 34.1 Å². The number of ether oxygens (including phenoxy) is 2. The number of anilines is 2. The minimum absolute atomic E-state index is 0.0835. The molecule has 204 valence electrons. The molecule has 0 atom stereocenters. The number of morpholine rings is 1. The van der Waals surface area contributed by atoms with Gasteiger partial charge in [-0.05, 0) is 44.0 Å². The monoisotopic (exact) mass is 577 g/mol. The predicted molar refractivity (Wildman–Crippen MR) is 150 cm³/mol. The van der Waals surface area contributed by atoms with Gasteiger partial charge in [-0.1, -0.05) is 53.4 Å². The lowest BCUT2D eigenvalue weighted by atomic mass is 10.2. The highest BCUT2D eigenvalue weighted by Gasteiger charge is 2.27. The van der Waals surface area contributed by atoms with Crippen molar-refractivity contribution >= 4 is 49.8 Å². The molecule has 13 heteroatoms. The number of benzene rings is 2. The van der Waals surface area contributed by atoms with E-state index in [1.165, 1.54) is 45.1 Å². The molecule has 1 aliphatic heterocycles. The average molecular weight is 578 g/mol. The highest BCUT2D eigenvalue weighted by molar-refractivity contribution is 8.01. The summed E-state index contributed by atoms with van der Waals surface area (Å²) in [4.78, 5) is 12.9. The maximum atomic E-state index is 13.1. The lowest BCUT2D eigenvalue weighted by molar-refractivity contribution is -0.113. The van der Waals surface area contributed by atoms with E-state index in [2.05, 4.69) is 33.0 Å². The minimum Gasteiger partial charge on any atom is -0.489 e. The second-order valence-electron chi connectivity index (χ2n) is 8.71. The maximum Gasteiger partial charge on any atom is 0.243 e. The van der Waals surface area contributed by atoms with Gasteiger partial charge < -0.3 is 20.1 Å². The van der Waals surface area contributed by atoms with Crippen LogP contribution in [0.1, 0.15) is 19.4 Å². The number of thioether (sulfide) groups is 1. The first-order valence-electron chi connectivity index (χ1n) is 12.2. The molecule has 1 fully saturated rings. The Morgan fingerprint density at radius 2 is 1.92 bits per heavy atom. The van der Waals surface area contributed by atoms with E-state index in [-0.39, 0.29) is 35.7 Å². The number of rotatable bonds is 12. The van der Waals surface area contributed by atoms with E-state index >= 15 is 0 Å². The van der Waals surface area contributed by atoms with E-state index < -0.39 is 10.0 Å². The second kappa shape index (κ2) is 13.4.